The molecule has 0 saturated carbocycles. The predicted molar refractivity (Wildman–Crippen MR) is 126 cm³/mol. The van der Waals surface area contributed by atoms with Crippen molar-refractivity contribution in [2.45, 2.75) is 12.1 Å². The molecule has 31 heavy (non-hydrogen) atoms. The van der Waals surface area contributed by atoms with Crippen molar-refractivity contribution in [3.05, 3.63) is 101 Å². The van der Waals surface area contributed by atoms with Gasteiger partial charge in [-0.3, -0.25) is 4.79 Å². The Morgan fingerprint density at radius 1 is 1.03 bits per heavy atom. The van der Waals surface area contributed by atoms with E-state index in [0.717, 1.165) is 16.5 Å². The summed E-state index contributed by atoms with van der Waals surface area (Å²) in [7, 11) is 1.82. The molecule has 5 nitrogen and oxygen atoms in total. The summed E-state index contributed by atoms with van der Waals surface area (Å²) in [6.45, 7) is 0.458. The Morgan fingerprint density at radius 3 is 2.58 bits per heavy atom. The molecule has 0 bridgehead atoms. The van der Waals surface area contributed by atoms with Crippen molar-refractivity contribution in [2.75, 3.05) is 18.9 Å². The van der Waals surface area contributed by atoms with Gasteiger partial charge in [-0.15, -0.1) is 0 Å². The van der Waals surface area contributed by atoms with Crippen molar-refractivity contribution in [3.63, 3.8) is 0 Å². The van der Waals surface area contributed by atoms with Crippen molar-refractivity contribution in [1.82, 2.24) is 9.88 Å². The van der Waals surface area contributed by atoms with Gasteiger partial charge in [0.25, 0.3) is 5.91 Å². The molecule has 3 N–H and O–H groups in total. The molecule has 0 aliphatic heterocycles. The number of aromatic nitrogens is 1. The molecule has 0 fully saturated rings. The van der Waals surface area contributed by atoms with Gasteiger partial charge >= 0.3 is 0 Å². The van der Waals surface area contributed by atoms with Crippen molar-refractivity contribution in [3.8, 4) is 0 Å². The summed E-state index contributed by atoms with van der Waals surface area (Å²) in [4.78, 5) is 12.7. The van der Waals surface area contributed by atoms with Crippen LogP contribution >= 0.6 is 11.6 Å². The van der Waals surface area contributed by atoms with E-state index >= 15 is 0 Å². The first-order valence-corrected chi connectivity index (χ1v) is 10.5. The molecule has 0 radical (unpaired) electrons. The topological polar surface area (TPSA) is 66.3 Å². The first-order valence-electron chi connectivity index (χ1n) is 10.1. The zero-order valence-corrected chi connectivity index (χ0v) is 17.9. The lowest BCUT2D eigenvalue weighted by Gasteiger charge is -2.26. The standard InChI is InChI=1S/C25H24ClN3O2/c1-27-16-23(30)24(17-6-3-2-4-7-17)29-13-12-18-14-19(10-11-22(18)29)25(31)28-21-9-5-8-20(26)15-21/h2-15,23-24,27,30H,16H2,1H3,(H,28,31)/t23-,24+/m1/s1. The van der Waals surface area contributed by atoms with Crippen molar-refractivity contribution in [1.29, 1.82) is 0 Å². The Morgan fingerprint density at radius 2 is 1.84 bits per heavy atom. The summed E-state index contributed by atoms with van der Waals surface area (Å²) in [5, 5.41) is 18.3. The molecule has 0 spiro atoms. The molecule has 158 valence electrons. The lowest BCUT2D eigenvalue weighted by atomic mass is 10.0. The molecule has 4 aromatic rings. The fourth-order valence-electron chi connectivity index (χ4n) is 3.86. The van der Waals surface area contributed by atoms with E-state index in [0.29, 0.717) is 22.8 Å². The number of hydrogen-bond acceptors (Lipinski definition) is 3. The summed E-state index contributed by atoms with van der Waals surface area (Å²) >= 11 is 6.00. The van der Waals surface area contributed by atoms with Gasteiger partial charge in [-0.05, 0) is 55.1 Å². The summed E-state index contributed by atoms with van der Waals surface area (Å²) in [6.07, 6.45) is 1.34. The highest BCUT2D eigenvalue weighted by Gasteiger charge is 2.23. The van der Waals surface area contributed by atoms with E-state index < -0.39 is 6.10 Å². The number of rotatable bonds is 7. The first kappa shape index (κ1) is 21.1. The summed E-state index contributed by atoms with van der Waals surface area (Å²) < 4.78 is 2.06. The molecule has 4 rings (SSSR count). The van der Waals surface area contributed by atoms with Gasteiger partial charge in [0.1, 0.15) is 0 Å². The quantitative estimate of drug-likeness (QED) is 0.395. The van der Waals surface area contributed by atoms with Crippen LogP contribution in [0.2, 0.25) is 5.02 Å². The molecule has 0 aliphatic carbocycles. The third-order valence-corrected chi connectivity index (χ3v) is 5.52. The van der Waals surface area contributed by atoms with Gasteiger partial charge in [0.15, 0.2) is 0 Å². The van der Waals surface area contributed by atoms with Gasteiger partial charge in [-0.2, -0.15) is 0 Å². The number of amides is 1. The highest BCUT2D eigenvalue weighted by molar-refractivity contribution is 6.31. The van der Waals surface area contributed by atoms with Gasteiger partial charge < -0.3 is 20.3 Å². The van der Waals surface area contributed by atoms with Crippen LogP contribution < -0.4 is 10.6 Å². The minimum Gasteiger partial charge on any atom is -0.389 e. The van der Waals surface area contributed by atoms with E-state index in [-0.39, 0.29) is 11.9 Å². The largest absolute Gasteiger partial charge is 0.389 e. The summed E-state index contributed by atoms with van der Waals surface area (Å²) in [6, 6.07) is 24.3. The molecule has 3 aromatic carbocycles. The zero-order chi connectivity index (χ0) is 21.8. The van der Waals surface area contributed by atoms with Gasteiger partial charge in [-0.25, -0.2) is 0 Å². The Bertz CT molecular complexity index is 1190. The number of benzene rings is 3. The molecule has 1 amide bonds. The Labute approximate surface area is 186 Å². The maximum Gasteiger partial charge on any atom is 0.255 e. The van der Waals surface area contributed by atoms with Crippen LogP contribution in [0.15, 0.2) is 85.1 Å². The molecular weight excluding hydrogens is 410 g/mol. The van der Waals surface area contributed by atoms with E-state index in [1.54, 1.807) is 30.3 Å². The van der Waals surface area contributed by atoms with Crippen LogP contribution in [0.25, 0.3) is 10.9 Å². The maximum atomic E-state index is 12.7. The number of carbonyl (C=O) groups excluding carboxylic acids is 1. The summed E-state index contributed by atoms with van der Waals surface area (Å²) in [5.74, 6) is -0.202. The average molecular weight is 434 g/mol. The van der Waals surface area contributed by atoms with Gasteiger partial charge in [-0.1, -0.05) is 48.0 Å². The second-order valence-corrected chi connectivity index (χ2v) is 7.88. The van der Waals surface area contributed by atoms with Gasteiger partial charge in [0, 0.05) is 39.9 Å². The molecule has 0 saturated heterocycles. The smallest absolute Gasteiger partial charge is 0.255 e. The zero-order valence-electron chi connectivity index (χ0n) is 17.1. The van der Waals surface area contributed by atoms with Crippen molar-refractivity contribution >= 4 is 34.1 Å². The minimum atomic E-state index is -0.617. The lowest BCUT2D eigenvalue weighted by molar-refractivity contribution is 0.102. The first-order chi connectivity index (χ1) is 15.1. The normalized spacial score (nSPS) is 13.1. The Hall–Kier alpha value is -3.12. The number of halogens is 1. The molecule has 6 heteroatoms. The monoisotopic (exact) mass is 433 g/mol. The molecular formula is C25H24ClN3O2. The van der Waals surface area contributed by atoms with Gasteiger partial charge in [0.2, 0.25) is 0 Å². The highest BCUT2D eigenvalue weighted by atomic mass is 35.5. The van der Waals surface area contributed by atoms with E-state index in [4.69, 9.17) is 11.6 Å². The average Bonchev–Trinajstić information content (AvgIpc) is 3.18. The van der Waals surface area contributed by atoms with E-state index in [2.05, 4.69) is 15.2 Å². The highest BCUT2D eigenvalue weighted by Crippen LogP contribution is 2.29. The number of aliphatic hydroxyl groups is 1. The van der Waals surface area contributed by atoms with Gasteiger partial charge in [0.05, 0.1) is 12.1 Å². The van der Waals surface area contributed by atoms with E-state index in [1.165, 1.54) is 0 Å². The second kappa shape index (κ2) is 9.35. The molecule has 0 unspecified atom stereocenters. The molecule has 1 heterocycles. The minimum absolute atomic E-state index is 0.202. The second-order valence-electron chi connectivity index (χ2n) is 7.44. The molecule has 2 atom stereocenters. The fraction of sp³-hybridized carbons (Fsp3) is 0.160. The number of fused-ring (bicyclic) bond motifs is 1. The molecule has 1 aromatic heterocycles. The van der Waals surface area contributed by atoms with Crippen LogP contribution in [-0.4, -0.2) is 35.3 Å². The summed E-state index contributed by atoms with van der Waals surface area (Å²) in [5.41, 5.74) is 3.17. The van der Waals surface area contributed by atoms with Crippen LogP contribution in [0.1, 0.15) is 22.0 Å². The van der Waals surface area contributed by atoms with E-state index in [9.17, 15) is 9.90 Å². The number of anilines is 1. The third kappa shape index (κ3) is 4.64. The number of nitrogens with one attached hydrogen (secondary N) is 2. The predicted octanol–water partition coefficient (Wildman–Crippen LogP) is 4.72. The number of hydrogen-bond donors (Lipinski definition) is 3. The maximum absolute atomic E-state index is 12.7. The fourth-order valence-corrected chi connectivity index (χ4v) is 4.05. The van der Waals surface area contributed by atoms with Crippen molar-refractivity contribution < 1.29 is 9.90 Å². The number of aliphatic hydroxyl groups excluding tert-OH is 1. The number of likely N-dealkylation sites (N-methyl/N-ethyl adjacent to an activating group) is 1. The lowest BCUT2D eigenvalue weighted by Crippen LogP contribution is -2.33. The van der Waals surface area contributed by atoms with Crippen LogP contribution in [0.3, 0.4) is 0 Å². The SMILES string of the molecule is CNC[C@@H](O)[C@H](c1ccccc1)n1ccc2cc(C(=O)Nc3cccc(Cl)c3)ccc21. The van der Waals surface area contributed by atoms with Crippen molar-refractivity contribution in [2.24, 2.45) is 0 Å². The van der Waals surface area contributed by atoms with Crippen LogP contribution in [-0.2, 0) is 0 Å². The van der Waals surface area contributed by atoms with Crippen LogP contribution in [0, 0.1) is 0 Å². The number of carbonyl (C=O) groups is 1. The Kier molecular flexibility index (Phi) is 6.37. The Balaban J connectivity index is 1.66. The number of nitrogens with zero attached hydrogens (tertiary/aromatic N) is 1. The van der Waals surface area contributed by atoms with E-state index in [1.807, 2.05) is 61.8 Å². The third-order valence-electron chi connectivity index (χ3n) is 5.28. The molecule has 0 aliphatic rings. The van der Waals surface area contributed by atoms with Crippen LogP contribution in [0.5, 0.6) is 0 Å². The van der Waals surface area contributed by atoms with Crippen LogP contribution in [0.4, 0.5) is 5.69 Å².